The second kappa shape index (κ2) is 4.71. The Labute approximate surface area is 99.0 Å². The first-order valence-corrected chi connectivity index (χ1v) is 5.41. The number of fused-ring (bicyclic) bond motifs is 1. The molecular weight excluding hydrogens is 216 g/mol. The van der Waals surface area contributed by atoms with Gasteiger partial charge >= 0.3 is 0 Å². The van der Waals surface area contributed by atoms with Gasteiger partial charge in [0.25, 0.3) is 5.91 Å². The van der Waals surface area contributed by atoms with Crippen LogP contribution in [0, 0.1) is 11.3 Å². The number of rotatable bonds is 3. The fourth-order valence-corrected chi connectivity index (χ4v) is 1.66. The molecule has 4 heteroatoms. The first-order chi connectivity index (χ1) is 8.26. The zero-order chi connectivity index (χ0) is 12.3. The summed E-state index contributed by atoms with van der Waals surface area (Å²) in [6, 6.07) is 11.1. The summed E-state index contributed by atoms with van der Waals surface area (Å²) in [5, 5.41) is 9.52. The molecule has 0 unspecified atom stereocenters. The molecule has 2 rings (SSSR count). The van der Waals surface area contributed by atoms with Crippen LogP contribution in [0.4, 0.5) is 0 Å². The van der Waals surface area contributed by atoms with E-state index in [1.54, 1.807) is 6.07 Å². The minimum atomic E-state index is -0.245. The molecule has 2 aromatic rings. The molecular formula is C13H12N2O2. The summed E-state index contributed by atoms with van der Waals surface area (Å²) in [5.74, 6) is 0.0357. The van der Waals surface area contributed by atoms with Gasteiger partial charge in [0.1, 0.15) is 12.1 Å². The lowest BCUT2D eigenvalue weighted by Gasteiger charge is -2.14. The van der Waals surface area contributed by atoms with E-state index in [1.165, 1.54) is 4.90 Å². The van der Waals surface area contributed by atoms with Gasteiger partial charge in [-0.1, -0.05) is 18.2 Å². The van der Waals surface area contributed by atoms with Gasteiger partial charge in [-0.25, -0.2) is 0 Å². The summed E-state index contributed by atoms with van der Waals surface area (Å²) in [4.78, 5) is 13.5. The van der Waals surface area contributed by atoms with Crippen molar-refractivity contribution in [1.82, 2.24) is 4.90 Å². The summed E-state index contributed by atoms with van der Waals surface area (Å²) in [6.07, 6.45) is 0. The van der Waals surface area contributed by atoms with Gasteiger partial charge in [-0.2, -0.15) is 5.26 Å². The van der Waals surface area contributed by atoms with E-state index in [9.17, 15) is 4.79 Å². The number of carbonyl (C=O) groups is 1. The summed E-state index contributed by atoms with van der Waals surface area (Å²) in [7, 11) is 0. The molecule has 1 aromatic carbocycles. The van der Waals surface area contributed by atoms with Crippen molar-refractivity contribution in [2.45, 2.75) is 6.92 Å². The molecule has 0 fully saturated rings. The first kappa shape index (κ1) is 11.2. The van der Waals surface area contributed by atoms with Gasteiger partial charge in [0, 0.05) is 11.9 Å². The molecule has 0 N–H and O–H groups in total. The fraction of sp³-hybridized carbons (Fsp3) is 0.231. The Morgan fingerprint density at radius 3 is 2.88 bits per heavy atom. The van der Waals surface area contributed by atoms with Crippen LogP contribution in [0.3, 0.4) is 0 Å². The van der Waals surface area contributed by atoms with E-state index in [2.05, 4.69) is 0 Å². The van der Waals surface area contributed by atoms with Gasteiger partial charge in [-0.05, 0) is 19.1 Å². The molecule has 1 aromatic heterocycles. The first-order valence-electron chi connectivity index (χ1n) is 5.41. The van der Waals surface area contributed by atoms with E-state index < -0.39 is 0 Å². The molecule has 0 bridgehead atoms. The number of para-hydroxylation sites is 1. The molecule has 0 spiro atoms. The third-order valence-electron chi connectivity index (χ3n) is 2.57. The molecule has 1 heterocycles. The van der Waals surface area contributed by atoms with Crippen molar-refractivity contribution in [2.75, 3.05) is 13.1 Å². The minimum absolute atomic E-state index is 0.0758. The summed E-state index contributed by atoms with van der Waals surface area (Å²) < 4.78 is 5.46. The maximum Gasteiger partial charge on any atom is 0.290 e. The summed E-state index contributed by atoms with van der Waals surface area (Å²) in [6.45, 7) is 2.40. The van der Waals surface area contributed by atoms with Gasteiger partial charge in [-0.15, -0.1) is 0 Å². The average Bonchev–Trinajstić information content (AvgIpc) is 2.78. The Bertz CT molecular complexity index is 547. The molecule has 0 saturated carbocycles. The second-order valence-electron chi connectivity index (χ2n) is 3.63. The van der Waals surface area contributed by atoms with Gasteiger partial charge in [0.15, 0.2) is 5.76 Å². The van der Waals surface area contributed by atoms with Crippen molar-refractivity contribution < 1.29 is 9.21 Å². The molecule has 0 aliphatic heterocycles. The van der Waals surface area contributed by atoms with Gasteiger partial charge in [0.2, 0.25) is 0 Å². The fourth-order valence-electron chi connectivity index (χ4n) is 1.66. The van der Waals surface area contributed by atoms with Crippen LogP contribution in [0.25, 0.3) is 11.0 Å². The van der Waals surface area contributed by atoms with Crippen LogP contribution >= 0.6 is 0 Å². The number of benzene rings is 1. The molecule has 1 amide bonds. The Balaban J connectivity index is 2.33. The topological polar surface area (TPSA) is 57.2 Å². The molecule has 0 radical (unpaired) electrons. The van der Waals surface area contributed by atoms with E-state index in [1.807, 2.05) is 37.3 Å². The van der Waals surface area contributed by atoms with E-state index >= 15 is 0 Å². The number of nitrogens with zero attached hydrogens (tertiary/aromatic N) is 2. The van der Waals surface area contributed by atoms with E-state index in [-0.39, 0.29) is 18.2 Å². The standard InChI is InChI=1S/C13H12N2O2/c1-2-15(8-7-14)13(16)12-9-10-5-3-4-6-11(10)17-12/h3-6,9H,2,8H2,1H3. The predicted molar refractivity (Wildman–Crippen MR) is 63.4 cm³/mol. The Morgan fingerprint density at radius 1 is 1.47 bits per heavy atom. The van der Waals surface area contributed by atoms with Gasteiger partial charge in [-0.3, -0.25) is 4.79 Å². The highest BCUT2D eigenvalue weighted by Crippen LogP contribution is 2.19. The summed E-state index contributed by atoms with van der Waals surface area (Å²) >= 11 is 0. The van der Waals surface area contributed by atoms with Crippen LogP contribution in [0.15, 0.2) is 34.7 Å². The van der Waals surface area contributed by atoms with Crippen molar-refractivity contribution in [3.8, 4) is 6.07 Å². The maximum atomic E-state index is 12.0. The van der Waals surface area contributed by atoms with Crippen molar-refractivity contribution >= 4 is 16.9 Å². The summed E-state index contributed by atoms with van der Waals surface area (Å²) in [5.41, 5.74) is 0.684. The van der Waals surface area contributed by atoms with Crippen LogP contribution in [0.5, 0.6) is 0 Å². The number of nitriles is 1. The SMILES string of the molecule is CCN(CC#N)C(=O)c1cc2ccccc2o1. The third kappa shape index (κ3) is 2.13. The predicted octanol–water partition coefficient (Wildman–Crippen LogP) is 2.42. The number of hydrogen-bond donors (Lipinski definition) is 0. The average molecular weight is 228 g/mol. The largest absolute Gasteiger partial charge is 0.451 e. The zero-order valence-electron chi connectivity index (χ0n) is 9.51. The normalized spacial score (nSPS) is 10.1. The highest BCUT2D eigenvalue weighted by atomic mass is 16.3. The number of hydrogen-bond acceptors (Lipinski definition) is 3. The molecule has 17 heavy (non-hydrogen) atoms. The van der Waals surface area contributed by atoms with E-state index in [0.29, 0.717) is 12.1 Å². The van der Waals surface area contributed by atoms with Crippen LogP contribution < -0.4 is 0 Å². The van der Waals surface area contributed by atoms with Crippen LogP contribution in [0.2, 0.25) is 0 Å². The maximum absolute atomic E-state index is 12.0. The third-order valence-corrected chi connectivity index (χ3v) is 2.57. The number of amides is 1. The Kier molecular flexibility index (Phi) is 3.10. The number of carbonyl (C=O) groups excluding carboxylic acids is 1. The molecule has 0 saturated heterocycles. The lowest BCUT2D eigenvalue weighted by atomic mass is 10.2. The molecule has 86 valence electrons. The molecule has 4 nitrogen and oxygen atoms in total. The zero-order valence-corrected chi connectivity index (χ0v) is 9.51. The highest BCUT2D eigenvalue weighted by Gasteiger charge is 2.17. The molecule has 0 aliphatic rings. The van der Waals surface area contributed by atoms with Crippen molar-refractivity contribution in [3.05, 3.63) is 36.1 Å². The quantitative estimate of drug-likeness (QED) is 0.758. The van der Waals surface area contributed by atoms with Crippen molar-refractivity contribution in [3.63, 3.8) is 0 Å². The monoisotopic (exact) mass is 228 g/mol. The second-order valence-corrected chi connectivity index (χ2v) is 3.63. The molecule has 0 atom stereocenters. The van der Waals surface area contributed by atoms with Crippen LogP contribution in [-0.4, -0.2) is 23.9 Å². The number of furan rings is 1. The van der Waals surface area contributed by atoms with Crippen molar-refractivity contribution in [2.24, 2.45) is 0 Å². The van der Waals surface area contributed by atoms with Gasteiger partial charge in [0.05, 0.1) is 6.07 Å². The van der Waals surface area contributed by atoms with E-state index in [0.717, 1.165) is 5.39 Å². The lowest BCUT2D eigenvalue weighted by Crippen LogP contribution is -2.30. The molecule has 0 aliphatic carbocycles. The van der Waals surface area contributed by atoms with Crippen LogP contribution in [-0.2, 0) is 0 Å². The van der Waals surface area contributed by atoms with Gasteiger partial charge < -0.3 is 9.32 Å². The van der Waals surface area contributed by atoms with Crippen LogP contribution in [0.1, 0.15) is 17.5 Å². The minimum Gasteiger partial charge on any atom is -0.451 e. The smallest absolute Gasteiger partial charge is 0.290 e. The highest BCUT2D eigenvalue weighted by molar-refractivity contribution is 5.96. The Hall–Kier alpha value is -2.28. The Morgan fingerprint density at radius 2 is 2.24 bits per heavy atom. The van der Waals surface area contributed by atoms with Crippen molar-refractivity contribution in [1.29, 1.82) is 5.26 Å². The lowest BCUT2D eigenvalue weighted by molar-refractivity contribution is 0.0755. The van der Waals surface area contributed by atoms with E-state index in [4.69, 9.17) is 9.68 Å².